The summed E-state index contributed by atoms with van der Waals surface area (Å²) in [6, 6.07) is -0.541. The van der Waals surface area contributed by atoms with Gasteiger partial charge in [-0.25, -0.2) is 0 Å². The van der Waals surface area contributed by atoms with E-state index in [-0.39, 0.29) is 12.5 Å². The van der Waals surface area contributed by atoms with Gasteiger partial charge in [0.15, 0.2) is 0 Å². The summed E-state index contributed by atoms with van der Waals surface area (Å²) in [5.74, 6) is -0.0263. The number of carbonyl (C=O) groups excluding carboxylic acids is 1. The highest BCUT2D eigenvalue weighted by Gasteiger charge is 2.20. The van der Waals surface area contributed by atoms with E-state index >= 15 is 0 Å². The van der Waals surface area contributed by atoms with Gasteiger partial charge in [-0.1, -0.05) is 407 Å². The molecular formula is C80H147NO3. The molecule has 0 heterocycles. The Hall–Kier alpha value is -2.43. The van der Waals surface area contributed by atoms with E-state index in [2.05, 4.69) is 104 Å². The highest BCUT2D eigenvalue weighted by atomic mass is 16.3. The minimum atomic E-state index is -0.664. The van der Waals surface area contributed by atoms with Gasteiger partial charge in [0, 0.05) is 6.42 Å². The smallest absolute Gasteiger partial charge is 0.220 e. The Balaban J connectivity index is 3.42. The zero-order valence-electron chi connectivity index (χ0n) is 56.7. The molecule has 0 rings (SSSR count). The number of allylic oxidation sites excluding steroid dienone is 14. The van der Waals surface area contributed by atoms with Crippen LogP contribution in [0.2, 0.25) is 0 Å². The third kappa shape index (κ3) is 70.3. The van der Waals surface area contributed by atoms with Crippen molar-refractivity contribution in [3.63, 3.8) is 0 Å². The zero-order chi connectivity index (χ0) is 60.5. The van der Waals surface area contributed by atoms with E-state index in [1.54, 1.807) is 0 Å². The van der Waals surface area contributed by atoms with Gasteiger partial charge in [0.25, 0.3) is 0 Å². The molecule has 4 heteroatoms. The minimum absolute atomic E-state index is 0.0263. The van der Waals surface area contributed by atoms with Gasteiger partial charge in [-0.15, -0.1) is 0 Å². The lowest BCUT2D eigenvalue weighted by atomic mass is 10.0. The first-order chi connectivity index (χ1) is 41.7. The number of carbonyl (C=O) groups is 1. The topological polar surface area (TPSA) is 69.6 Å². The van der Waals surface area contributed by atoms with Gasteiger partial charge < -0.3 is 15.5 Å². The highest BCUT2D eigenvalue weighted by molar-refractivity contribution is 5.76. The van der Waals surface area contributed by atoms with E-state index in [0.717, 1.165) is 70.6 Å². The summed E-state index contributed by atoms with van der Waals surface area (Å²) in [4.78, 5) is 12.6. The Labute approximate surface area is 526 Å². The van der Waals surface area contributed by atoms with Crippen LogP contribution in [0.25, 0.3) is 0 Å². The van der Waals surface area contributed by atoms with E-state index in [4.69, 9.17) is 0 Å². The molecule has 0 saturated heterocycles. The van der Waals surface area contributed by atoms with Crippen LogP contribution in [0.4, 0.5) is 0 Å². The quantitative estimate of drug-likeness (QED) is 0.0420. The summed E-state index contributed by atoms with van der Waals surface area (Å²) in [7, 11) is 0. The first-order valence-electron chi connectivity index (χ1n) is 37.8. The van der Waals surface area contributed by atoms with Crippen molar-refractivity contribution in [2.24, 2.45) is 0 Å². The van der Waals surface area contributed by atoms with Crippen molar-refractivity contribution in [3.8, 4) is 0 Å². The number of aliphatic hydroxyl groups excluding tert-OH is 2. The molecule has 0 aromatic rings. The van der Waals surface area contributed by atoms with Crippen molar-refractivity contribution in [1.82, 2.24) is 5.32 Å². The van der Waals surface area contributed by atoms with E-state index in [9.17, 15) is 15.0 Å². The van der Waals surface area contributed by atoms with Crippen LogP contribution in [0, 0.1) is 0 Å². The highest BCUT2D eigenvalue weighted by Crippen LogP contribution is 2.19. The minimum Gasteiger partial charge on any atom is -0.394 e. The van der Waals surface area contributed by atoms with Crippen LogP contribution in [0.3, 0.4) is 0 Å². The van der Waals surface area contributed by atoms with Crippen molar-refractivity contribution in [2.45, 2.75) is 411 Å². The fourth-order valence-corrected chi connectivity index (χ4v) is 11.8. The molecule has 0 bridgehead atoms. The van der Waals surface area contributed by atoms with Crippen LogP contribution in [0.1, 0.15) is 399 Å². The summed E-state index contributed by atoms with van der Waals surface area (Å²) in [5.41, 5.74) is 0. The molecule has 3 N–H and O–H groups in total. The molecule has 0 aliphatic heterocycles. The summed E-state index contributed by atoms with van der Waals surface area (Å²) >= 11 is 0. The molecule has 4 nitrogen and oxygen atoms in total. The molecule has 0 saturated carbocycles. The number of amides is 1. The maximum Gasteiger partial charge on any atom is 0.220 e. The summed E-state index contributed by atoms with van der Waals surface area (Å²) in [6.45, 7) is 4.28. The number of nitrogens with one attached hydrogen (secondary N) is 1. The Kier molecular flexibility index (Phi) is 72.7. The van der Waals surface area contributed by atoms with Crippen LogP contribution in [0.15, 0.2) is 85.1 Å². The molecule has 2 unspecified atom stereocenters. The number of hydrogen-bond donors (Lipinski definition) is 3. The average Bonchev–Trinajstić information content (AvgIpc) is 3.51. The average molecular weight is 1170 g/mol. The van der Waals surface area contributed by atoms with E-state index < -0.39 is 12.1 Å². The van der Waals surface area contributed by atoms with Crippen molar-refractivity contribution < 1.29 is 15.0 Å². The fraction of sp³-hybridized carbons (Fsp3) is 0.812. The molecule has 2 atom stereocenters. The first-order valence-corrected chi connectivity index (χ1v) is 37.8. The molecule has 84 heavy (non-hydrogen) atoms. The van der Waals surface area contributed by atoms with Gasteiger partial charge >= 0.3 is 0 Å². The Morgan fingerprint density at radius 2 is 0.524 bits per heavy atom. The van der Waals surface area contributed by atoms with Crippen molar-refractivity contribution in [2.75, 3.05) is 6.61 Å². The molecule has 0 aliphatic carbocycles. The fourth-order valence-electron chi connectivity index (χ4n) is 11.8. The summed E-state index contributed by atoms with van der Waals surface area (Å²) in [5, 5.41) is 23.5. The van der Waals surface area contributed by atoms with E-state index in [1.807, 2.05) is 0 Å². The van der Waals surface area contributed by atoms with Crippen LogP contribution in [0.5, 0.6) is 0 Å². The van der Waals surface area contributed by atoms with Gasteiger partial charge in [0.2, 0.25) is 5.91 Å². The molecule has 0 spiro atoms. The third-order valence-corrected chi connectivity index (χ3v) is 17.4. The largest absolute Gasteiger partial charge is 0.394 e. The number of hydrogen-bond acceptors (Lipinski definition) is 3. The number of rotatable bonds is 70. The number of aliphatic hydroxyl groups is 2. The molecule has 0 aromatic carbocycles. The molecule has 0 fully saturated rings. The van der Waals surface area contributed by atoms with E-state index in [1.165, 1.54) is 302 Å². The summed E-state index contributed by atoms with van der Waals surface area (Å²) < 4.78 is 0. The van der Waals surface area contributed by atoms with Gasteiger partial charge in [-0.05, 0) is 70.6 Å². The van der Waals surface area contributed by atoms with Gasteiger partial charge in [0.05, 0.1) is 18.8 Å². The van der Waals surface area contributed by atoms with E-state index in [0.29, 0.717) is 12.8 Å². The van der Waals surface area contributed by atoms with Crippen LogP contribution in [-0.2, 0) is 4.79 Å². The molecule has 490 valence electrons. The molecule has 0 radical (unpaired) electrons. The van der Waals surface area contributed by atoms with Gasteiger partial charge in [-0.3, -0.25) is 4.79 Å². The molecule has 1 amide bonds. The van der Waals surface area contributed by atoms with Gasteiger partial charge in [-0.2, -0.15) is 0 Å². The monoisotopic (exact) mass is 1170 g/mol. The molecular weight excluding hydrogens is 1020 g/mol. The third-order valence-electron chi connectivity index (χ3n) is 17.4. The van der Waals surface area contributed by atoms with Crippen molar-refractivity contribution in [3.05, 3.63) is 85.1 Å². The standard InChI is InChI=1S/C80H147NO3/c1-3-5-7-9-11-13-15-17-19-21-23-25-27-29-31-33-35-37-38-39-40-41-42-44-46-48-50-52-54-56-58-60-62-64-66-68-70-72-74-76-80(84)81-78(77-82)79(83)75-73-71-69-67-65-63-61-59-57-55-53-51-49-47-45-43-36-34-32-30-28-26-24-22-20-18-16-14-12-10-8-6-4-2/h5,7,11,13,17,19,23,25,29,31,35,37,39-40,78-79,82-83H,3-4,6,8-10,12,14-16,18,20-22,24,26-28,30,32-34,36,38,41-77H2,1-2H3,(H,81,84)/b7-5-,13-11-,19-17-,25-23-,31-29-,37-35-,40-39-. The Morgan fingerprint density at radius 3 is 0.786 bits per heavy atom. The zero-order valence-corrected chi connectivity index (χ0v) is 56.7. The summed E-state index contributed by atoms with van der Waals surface area (Å²) in [6.07, 6.45) is 110. The Bertz CT molecular complexity index is 1470. The second-order valence-electron chi connectivity index (χ2n) is 25.7. The molecule has 0 aliphatic rings. The second kappa shape index (κ2) is 74.8. The lowest BCUT2D eigenvalue weighted by Gasteiger charge is -2.22. The molecule has 0 aromatic heterocycles. The van der Waals surface area contributed by atoms with Crippen molar-refractivity contribution >= 4 is 5.91 Å². The Morgan fingerprint density at radius 1 is 0.298 bits per heavy atom. The lowest BCUT2D eigenvalue weighted by Crippen LogP contribution is -2.45. The lowest BCUT2D eigenvalue weighted by molar-refractivity contribution is -0.123. The predicted molar refractivity (Wildman–Crippen MR) is 377 cm³/mol. The predicted octanol–water partition coefficient (Wildman–Crippen LogP) is 26.2. The van der Waals surface area contributed by atoms with Crippen LogP contribution < -0.4 is 5.32 Å². The first kappa shape index (κ1) is 81.6. The SMILES string of the molecule is CC/C=C\C/C=C\C/C=C\C/C=C\C/C=C\C/C=C\C/C=C\CCCCCCCCCCCCCCCCCCCC(=O)NC(CO)C(O)CCCCCCCCCCCCCCCCCCCCCCCCCCCCCCCCCCC. The maximum atomic E-state index is 12.6. The van der Waals surface area contributed by atoms with Crippen LogP contribution in [-0.4, -0.2) is 34.9 Å². The number of unbranched alkanes of at least 4 members (excludes halogenated alkanes) is 49. The normalized spacial score (nSPS) is 13.1. The van der Waals surface area contributed by atoms with Crippen molar-refractivity contribution in [1.29, 1.82) is 0 Å². The van der Waals surface area contributed by atoms with Crippen LogP contribution >= 0.6 is 0 Å². The van der Waals surface area contributed by atoms with Gasteiger partial charge in [0.1, 0.15) is 0 Å². The maximum absolute atomic E-state index is 12.6. The second-order valence-corrected chi connectivity index (χ2v) is 25.7.